The third kappa shape index (κ3) is 3.21. The van der Waals surface area contributed by atoms with Gasteiger partial charge in [-0.15, -0.1) is 5.10 Å². The van der Waals surface area contributed by atoms with E-state index in [9.17, 15) is 14.4 Å². The number of hydrogen-bond donors (Lipinski definition) is 1. The molecular weight excluding hydrogens is 437 g/mol. The van der Waals surface area contributed by atoms with Gasteiger partial charge in [-0.05, 0) is 29.4 Å². The minimum atomic E-state index is -0.978. The fourth-order valence-electron chi connectivity index (χ4n) is 2.84. The van der Waals surface area contributed by atoms with Gasteiger partial charge in [0, 0.05) is 7.05 Å². The molecule has 152 valence electrons. The smallest absolute Gasteiger partial charge is 0.434 e. The normalized spacial score (nSPS) is 11.0. The van der Waals surface area contributed by atoms with Crippen molar-refractivity contribution < 1.29 is 14.1 Å². The van der Waals surface area contributed by atoms with Crippen molar-refractivity contribution in [1.82, 2.24) is 19.5 Å². The van der Waals surface area contributed by atoms with Crippen LogP contribution in [0.2, 0.25) is 10.0 Å². The number of hydrogen-bond acceptors (Lipinski definition) is 7. The summed E-state index contributed by atoms with van der Waals surface area (Å²) in [6.45, 7) is 0. The molecule has 0 radical (unpaired) electrons. The maximum absolute atomic E-state index is 12.3. The van der Waals surface area contributed by atoms with Crippen LogP contribution in [0.25, 0.3) is 16.5 Å². The number of primary amides is 1. The van der Waals surface area contributed by atoms with Gasteiger partial charge in [0.15, 0.2) is 5.75 Å². The molecule has 4 rings (SSSR count). The Morgan fingerprint density at radius 1 is 1.13 bits per heavy atom. The SMILES string of the molecule is Cn1nc(Oc2c(Cl)cc(-n3c(C(N)=O)noc3=O)cc2Cl)c2ccccc2c1=O. The molecule has 10 nitrogen and oxygen atoms in total. The third-order valence-electron chi connectivity index (χ3n) is 4.19. The van der Waals surface area contributed by atoms with Gasteiger partial charge in [0.2, 0.25) is 11.7 Å². The van der Waals surface area contributed by atoms with Crippen LogP contribution in [0.1, 0.15) is 10.6 Å². The van der Waals surface area contributed by atoms with E-state index in [4.69, 9.17) is 33.7 Å². The molecule has 0 fully saturated rings. The standard InChI is InChI=1S/C18H11Cl2N5O5/c1-24-17(27)10-5-3-2-4-9(10)16(22-24)29-13-11(19)6-8(7-12(13)20)25-15(14(21)26)23-30-18(25)28/h2-7H,1H3,(H2,21,26). The predicted molar refractivity (Wildman–Crippen MR) is 108 cm³/mol. The van der Waals surface area contributed by atoms with Crippen LogP contribution in [0.15, 0.2) is 50.5 Å². The first-order chi connectivity index (χ1) is 14.3. The summed E-state index contributed by atoms with van der Waals surface area (Å²) in [5, 5.41) is 8.32. The number of ether oxygens (including phenoxy) is 1. The molecule has 0 saturated heterocycles. The molecule has 0 aliphatic heterocycles. The largest absolute Gasteiger partial charge is 0.446 e. The van der Waals surface area contributed by atoms with E-state index in [2.05, 4.69) is 14.8 Å². The van der Waals surface area contributed by atoms with Crippen LogP contribution in [0.4, 0.5) is 0 Å². The Kier molecular flexibility index (Phi) is 4.80. The van der Waals surface area contributed by atoms with Gasteiger partial charge in [0.1, 0.15) is 0 Å². The second kappa shape index (κ2) is 7.32. The molecule has 0 atom stereocenters. The van der Waals surface area contributed by atoms with Gasteiger partial charge < -0.3 is 10.5 Å². The lowest BCUT2D eigenvalue weighted by atomic mass is 10.2. The highest BCUT2D eigenvalue weighted by Crippen LogP contribution is 2.39. The lowest BCUT2D eigenvalue weighted by Gasteiger charge is -2.13. The van der Waals surface area contributed by atoms with Gasteiger partial charge in [0.05, 0.1) is 26.5 Å². The number of carbonyl (C=O) groups is 1. The highest BCUT2D eigenvalue weighted by atomic mass is 35.5. The zero-order valence-electron chi connectivity index (χ0n) is 15.1. The Morgan fingerprint density at radius 2 is 1.77 bits per heavy atom. The first-order valence-corrected chi connectivity index (χ1v) is 9.05. The van der Waals surface area contributed by atoms with Crippen molar-refractivity contribution in [2.24, 2.45) is 12.8 Å². The van der Waals surface area contributed by atoms with E-state index in [1.165, 1.54) is 19.2 Å². The van der Waals surface area contributed by atoms with Crippen LogP contribution in [-0.4, -0.2) is 25.4 Å². The molecule has 0 aliphatic carbocycles. The van der Waals surface area contributed by atoms with Gasteiger partial charge in [-0.25, -0.2) is 14.0 Å². The van der Waals surface area contributed by atoms with E-state index in [0.29, 0.717) is 10.8 Å². The van der Waals surface area contributed by atoms with E-state index < -0.39 is 17.5 Å². The monoisotopic (exact) mass is 447 g/mol. The minimum Gasteiger partial charge on any atom is -0.434 e. The Balaban J connectivity index is 1.84. The number of aromatic nitrogens is 4. The predicted octanol–water partition coefficient (Wildman–Crippen LogP) is 2.27. The van der Waals surface area contributed by atoms with Crippen molar-refractivity contribution in [2.75, 3.05) is 0 Å². The van der Waals surface area contributed by atoms with Gasteiger partial charge >= 0.3 is 5.76 Å². The molecule has 2 aromatic heterocycles. The fourth-order valence-corrected chi connectivity index (χ4v) is 3.40. The number of amides is 1. The van der Waals surface area contributed by atoms with E-state index in [1.807, 2.05) is 0 Å². The van der Waals surface area contributed by atoms with Crippen LogP contribution in [0.5, 0.6) is 11.6 Å². The maximum atomic E-state index is 12.3. The van der Waals surface area contributed by atoms with E-state index in [1.54, 1.807) is 24.3 Å². The van der Waals surface area contributed by atoms with Gasteiger partial charge in [0.25, 0.3) is 11.5 Å². The lowest BCUT2D eigenvalue weighted by molar-refractivity contribution is 0.0985. The molecule has 0 unspecified atom stereocenters. The highest BCUT2D eigenvalue weighted by Gasteiger charge is 2.21. The molecule has 0 saturated carbocycles. The number of carbonyl (C=O) groups excluding carboxylic acids is 1. The first-order valence-electron chi connectivity index (χ1n) is 8.29. The number of aryl methyl sites for hydroxylation is 1. The molecule has 2 aromatic carbocycles. The number of fused-ring (bicyclic) bond motifs is 1. The summed E-state index contributed by atoms with van der Waals surface area (Å²) in [4.78, 5) is 35.7. The quantitative estimate of drug-likeness (QED) is 0.506. The van der Waals surface area contributed by atoms with Crippen molar-refractivity contribution in [2.45, 2.75) is 0 Å². The molecule has 30 heavy (non-hydrogen) atoms. The Labute approximate surface area is 177 Å². The van der Waals surface area contributed by atoms with E-state index >= 15 is 0 Å². The average molecular weight is 448 g/mol. The van der Waals surface area contributed by atoms with Crippen LogP contribution >= 0.6 is 23.2 Å². The molecule has 0 aliphatic rings. The summed E-state index contributed by atoms with van der Waals surface area (Å²) in [5.41, 5.74) is 5.00. The number of benzene rings is 2. The molecule has 1 amide bonds. The Hall–Kier alpha value is -3.63. The van der Waals surface area contributed by atoms with Crippen molar-refractivity contribution in [3.8, 4) is 17.3 Å². The molecule has 2 heterocycles. The molecule has 0 bridgehead atoms. The van der Waals surface area contributed by atoms with Gasteiger partial charge in [-0.2, -0.15) is 0 Å². The van der Waals surface area contributed by atoms with Gasteiger partial charge in [-0.3, -0.25) is 14.1 Å². The number of nitrogens with two attached hydrogens (primary N) is 1. The zero-order chi connectivity index (χ0) is 21.6. The van der Waals surface area contributed by atoms with Gasteiger partial charge in [-0.1, -0.05) is 35.3 Å². The summed E-state index contributed by atoms with van der Waals surface area (Å²) >= 11 is 12.6. The maximum Gasteiger partial charge on any atom is 0.446 e. The van der Waals surface area contributed by atoms with Crippen molar-refractivity contribution in [3.05, 3.63) is 73.2 Å². The number of halogens is 2. The van der Waals surface area contributed by atoms with Crippen LogP contribution in [0.3, 0.4) is 0 Å². The summed E-state index contributed by atoms with van der Waals surface area (Å²) in [6.07, 6.45) is 0. The average Bonchev–Trinajstić information content (AvgIpc) is 3.10. The Morgan fingerprint density at radius 3 is 2.40 bits per heavy atom. The summed E-state index contributed by atoms with van der Waals surface area (Å²) < 4.78 is 12.3. The minimum absolute atomic E-state index is 0.000699. The Bertz CT molecular complexity index is 1420. The molecule has 4 aromatic rings. The van der Waals surface area contributed by atoms with E-state index in [-0.39, 0.29) is 32.9 Å². The number of nitrogens with zero attached hydrogens (tertiary/aromatic N) is 4. The van der Waals surface area contributed by atoms with Crippen LogP contribution in [-0.2, 0) is 7.05 Å². The lowest BCUT2D eigenvalue weighted by Crippen LogP contribution is -2.22. The topological polar surface area (TPSA) is 135 Å². The van der Waals surface area contributed by atoms with E-state index in [0.717, 1.165) is 9.25 Å². The van der Waals surface area contributed by atoms with Crippen LogP contribution in [0, 0.1) is 0 Å². The van der Waals surface area contributed by atoms with Crippen molar-refractivity contribution in [1.29, 1.82) is 0 Å². The number of rotatable bonds is 4. The first kappa shape index (κ1) is 19.7. The highest BCUT2D eigenvalue weighted by molar-refractivity contribution is 6.37. The summed E-state index contributed by atoms with van der Waals surface area (Å²) in [5.74, 6) is -2.22. The molecule has 12 heteroatoms. The second-order valence-corrected chi connectivity index (χ2v) is 6.91. The fraction of sp³-hybridized carbons (Fsp3) is 0.0556. The molecule has 0 spiro atoms. The second-order valence-electron chi connectivity index (χ2n) is 6.09. The zero-order valence-corrected chi connectivity index (χ0v) is 16.6. The summed E-state index contributed by atoms with van der Waals surface area (Å²) in [7, 11) is 1.48. The summed E-state index contributed by atoms with van der Waals surface area (Å²) in [6, 6.07) is 9.39. The molecule has 2 N–H and O–H groups in total. The third-order valence-corrected chi connectivity index (χ3v) is 4.75. The van der Waals surface area contributed by atoms with Crippen molar-refractivity contribution in [3.63, 3.8) is 0 Å². The molecular formula is C18H11Cl2N5O5. The van der Waals surface area contributed by atoms with Crippen LogP contribution < -0.4 is 21.8 Å². The van der Waals surface area contributed by atoms with Crippen molar-refractivity contribution >= 4 is 39.9 Å².